The molecule has 0 aromatic carbocycles. The van der Waals surface area contributed by atoms with E-state index < -0.39 is 0 Å². The third-order valence-corrected chi connectivity index (χ3v) is 7.15. The molecular formula is C23H41N. The SMILES string of the molecule is CCCCCC1(C#N)CCCC([C@H]2CC[C@H](CCCCC)CC2)C1. The molecule has 2 rings (SSSR count). The van der Waals surface area contributed by atoms with Crippen molar-refractivity contribution in [1.82, 2.24) is 0 Å². The highest BCUT2D eigenvalue weighted by Gasteiger charge is 2.39. The molecule has 2 unspecified atom stereocenters. The fraction of sp³-hybridized carbons (Fsp3) is 0.957. The molecule has 0 bridgehead atoms. The molecule has 0 amide bonds. The summed E-state index contributed by atoms with van der Waals surface area (Å²) in [6, 6.07) is 2.79. The molecule has 0 aliphatic heterocycles. The molecule has 0 N–H and O–H groups in total. The molecule has 2 atom stereocenters. The molecule has 1 nitrogen and oxygen atoms in total. The molecule has 0 heterocycles. The van der Waals surface area contributed by atoms with Gasteiger partial charge in [0.1, 0.15) is 0 Å². The topological polar surface area (TPSA) is 23.8 Å². The second-order valence-electron chi connectivity index (χ2n) is 8.98. The van der Waals surface area contributed by atoms with Gasteiger partial charge in [0.25, 0.3) is 0 Å². The van der Waals surface area contributed by atoms with Crippen molar-refractivity contribution >= 4 is 0 Å². The van der Waals surface area contributed by atoms with Gasteiger partial charge in [-0.25, -0.2) is 0 Å². The average Bonchev–Trinajstić information content (AvgIpc) is 2.63. The third kappa shape index (κ3) is 5.79. The van der Waals surface area contributed by atoms with E-state index in [0.29, 0.717) is 0 Å². The molecule has 138 valence electrons. The lowest BCUT2D eigenvalue weighted by atomic mass is 9.62. The summed E-state index contributed by atoms with van der Waals surface area (Å²) in [5.74, 6) is 2.81. The number of hydrogen-bond donors (Lipinski definition) is 0. The summed E-state index contributed by atoms with van der Waals surface area (Å²) in [5, 5.41) is 9.87. The minimum Gasteiger partial charge on any atom is -0.198 e. The van der Waals surface area contributed by atoms with Crippen LogP contribution < -0.4 is 0 Å². The molecule has 0 spiro atoms. The van der Waals surface area contributed by atoms with E-state index in [0.717, 1.165) is 17.8 Å². The Hall–Kier alpha value is -0.510. The molecule has 24 heavy (non-hydrogen) atoms. The van der Waals surface area contributed by atoms with Gasteiger partial charge in [0, 0.05) is 0 Å². The van der Waals surface area contributed by atoms with Crippen LogP contribution in [0.2, 0.25) is 0 Å². The Labute approximate surface area is 151 Å². The van der Waals surface area contributed by atoms with Crippen LogP contribution >= 0.6 is 0 Å². The van der Waals surface area contributed by atoms with Gasteiger partial charge in [0.2, 0.25) is 0 Å². The van der Waals surface area contributed by atoms with E-state index in [-0.39, 0.29) is 5.41 Å². The lowest BCUT2D eigenvalue weighted by Gasteiger charge is -2.42. The van der Waals surface area contributed by atoms with E-state index in [1.165, 1.54) is 103 Å². The summed E-state index contributed by atoms with van der Waals surface area (Å²) in [6.45, 7) is 4.57. The second-order valence-corrected chi connectivity index (χ2v) is 8.98. The quantitative estimate of drug-likeness (QED) is 0.398. The minimum absolute atomic E-state index is 0.0378. The minimum atomic E-state index is 0.0378. The Morgan fingerprint density at radius 3 is 2.25 bits per heavy atom. The Balaban J connectivity index is 1.79. The van der Waals surface area contributed by atoms with Gasteiger partial charge in [-0.3, -0.25) is 0 Å². The van der Waals surface area contributed by atoms with Crippen molar-refractivity contribution in [3.05, 3.63) is 0 Å². The smallest absolute Gasteiger partial charge is 0.0689 e. The first-order chi connectivity index (χ1) is 11.7. The van der Waals surface area contributed by atoms with Gasteiger partial charge in [-0.1, -0.05) is 84.5 Å². The average molecular weight is 332 g/mol. The Morgan fingerprint density at radius 1 is 0.875 bits per heavy atom. The van der Waals surface area contributed by atoms with Gasteiger partial charge in [0.05, 0.1) is 11.5 Å². The van der Waals surface area contributed by atoms with E-state index in [4.69, 9.17) is 0 Å². The van der Waals surface area contributed by atoms with Crippen LogP contribution in [0.1, 0.15) is 117 Å². The molecule has 2 aliphatic rings. The van der Waals surface area contributed by atoms with Gasteiger partial charge >= 0.3 is 0 Å². The van der Waals surface area contributed by atoms with Crippen molar-refractivity contribution in [2.24, 2.45) is 23.2 Å². The van der Waals surface area contributed by atoms with Crippen LogP contribution in [0.5, 0.6) is 0 Å². The molecule has 0 saturated heterocycles. The predicted octanol–water partition coefficient (Wildman–Crippen LogP) is 7.65. The van der Waals surface area contributed by atoms with Gasteiger partial charge in [-0.15, -0.1) is 0 Å². The number of unbranched alkanes of at least 4 members (excludes halogenated alkanes) is 4. The summed E-state index contributed by atoms with van der Waals surface area (Å²) in [6.07, 6.45) is 21.7. The maximum Gasteiger partial charge on any atom is 0.0689 e. The van der Waals surface area contributed by atoms with E-state index in [1.807, 2.05) is 0 Å². The largest absolute Gasteiger partial charge is 0.198 e. The van der Waals surface area contributed by atoms with Gasteiger partial charge < -0.3 is 0 Å². The van der Waals surface area contributed by atoms with Crippen molar-refractivity contribution < 1.29 is 0 Å². The first-order valence-electron chi connectivity index (χ1n) is 11.1. The second kappa shape index (κ2) is 10.5. The Kier molecular flexibility index (Phi) is 8.65. The predicted molar refractivity (Wildman–Crippen MR) is 104 cm³/mol. The van der Waals surface area contributed by atoms with Crippen molar-refractivity contribution in [3.8, 4) is 6.07 Å². The first-order valence-corrected chi connectivity index (χ1v) is 11.1. The van der Waals surface area contributed by atoms with Crippen LogP contribution in [0.3, 0.4) is 0 Å². The van der Waals surface area contributed by atoms with Crippen molar-refractivity contribution in [1.29, 1.82) is 5.26 Å². The number of rotatable bonds is 9. The maximum atomic E-state index is 9.87. The molecule has 0 aromatic rings. The standard InChI is InChI=1S/C23H41N/c1-3-5-7-10-20-12-14-21(15-13-20)22-11-9-17-23(18-22,19-24)16-8-6-4-2/h20-22H,3-18H2,1-2H3/t20-,21-,22?,23?. The van der Waals surface area contributed by atoms with E-state index in [2.05, 4.69) is 19.9 Å². The summed E-state index contributed by atoms with van der Waals surface area (Å²) >= 11 is 0. The van der Waals surface area contributed by atoms with Gasteiger partial charge in [0.15, 0.2) is 0 Å². The Morgan fingerprint density at radius 2 is 1.58 bits per heavy atom. The molecular weight excluding hydrogens is 290 g/mol. The highest BCUT2D eigenvalue weighted by Crippen LogP contribution is 2.48. The maximum absolute atomic E-state index is 9.87. The number of nitriles is 1. The summed E-state index contributed by atoms with van der Waals surface area (Å²) in [5.41, 5.74) is 0.0378. The zero-order chi connectivity index (χ0) is 17.3. The van der Waals surface area contributed by atoms with Crippen molar-refractivity contribution in [2.45, 2.75) is 117 Å². The fourth-order valence-electron chi connectivity index (χ4n) is 5.54. The first kappa shape index (κ1) is 19.8. The summed E-state index contributed by atoms with van der Waals surface area (Å²) < 4.78 is 0. The molecule has 2 saturated carbocycles. The van der Waals surface area contributed by atoms with Crippen molar-refractivity contribution in [2.75, 3.05) is 0 Å². The van der Waals surface area contributed by atoms with Crippen LogP contribution in [-0.4, -0.2) is 0 Å². The lowest BCUT2D eigenvalue weighted by Crippen LogP contribution is -2.32. The molecule has 0 radical (unpaired) electrons. The van der Waals surface area contributed by atoms with Crippen LogP contribution in [0.25, 0.3) is 0 Å². The Bertz CT molecular complexity index is 374. The van der Waals surface area contributed by atoms with E-state index in [9.17, 15) is 5.26 Å². The van der Waals surface area contributed by atoms with Crippen molar-refractivity contribution in [3.63, 3.8) is 0 Å². The van der Waals surface area contributed by atoms with Crippen LogP contribution in [0.4, 0.5) is 0 Å². The van der Waals surface area contributed by atoms with E-state index >= 15 is 0 Å². The summed E-state index contributed by atoms with van der Waals surface area (Å²) in [4.78, 5) is 0. The molecule has 1 heteroatoms. The van der Waals surface area contributed by atoms with E-state index in [1.54, 1.807) is 0 Å². The molecule has 2 fully saturated rings. The van der Waals surface area contributed by atoms with Gasteiger partial charge in [-0.2, -0.15) is 5.26 Å². The molecule has 2 aliphatic carbocycles. The summed E-state index contributed by atoms with van der Waals surface area (Å²) in [7, 11) is 0. The highest BCUT2D eigenvalue weighted by molar-refractivity contribution is 5.03. The third-order valence-electron chi connectivity index (χ3n) is 7.15. The number of hydrogen-bond acceptors (Lipinski definition) is 1. The van der Waals surface area contributed by atoms with Crippen LogP contribution in [0.15, 0.2) is 0 Å². The van der Waals surface area contributed by atoms with Crippen LogP contribution in [0, 0.1) is 34.5 Å². The normalized spacial score (nSPS) is 34.0. The van der Waals surface area contributed by atoms with Gasteiger partial charge in [-0.05, 0) is 49.9 Å². The number of nitrogens with zero attached hydrogens (tertiary/aromatic N) is 1. The fourth-order valence-corrected chi connectivity index (χ4v) is 5.54. The monoisotopic (exact) mass is 331 g/mol. The molecule has 0 aromatic heterocycles. The zero-order valence-electron chi connectivity index (χ0n) is 16.5. The lowest BCUT2D eigenvalue weighted by molar-refractivity contribution is 0.102. The van der Waals surface area contributed by atoms with Crippen LogP contribution in [-0.2, 0) is 0 Å². The highest BCUT2D eigenvalue weighted by atomic mass is 14.5. The zero-order valence-corrected chi connectivity index (χ0v) is 16.5.